The molecule has 0 bridgehead atoms. The number of carbonyl (C=O) groups excluding carboxylic acids is 1. The number of rotatable bonds is 3. The molecule has 4 heterocycles. The van der Waals surface area contributed by atoms with Crippen molar-refractivity contribution in [3.05, 3.63) is 51.3 Å². The van der Waals surface area contributed by atoms with Crippen molar-refractivity contribution in [2.24, 2.45) is 18.9 Å². The molecule has 0 aliphatic carbocycles. The zero-order valence-electron chi connectivity index (χ0n) is 18.6. The second-order valence-electron chi connectivity index (χ2n) is 8.99. The number of aromatic nitrogens is 3. The van der Waals surface area contributed by atoms with Gasteiger partial charge >= 0.3 is 0 Å². The lowest BCUT2D eigenvalue weighted by molar-refractivity contribution is -0.119. The molecule has 1 aromatic carbocycles. The van der Waals surface area contributed by atoms with Crippen molar-refractivity contribution in [3.8, 4) is 11.3 Å². The van der Waals surface area contributed by atoms with Crippen LogP contribution in [0.1, 0.15) is 25.1 Å². The van der Waals surface area contributed by atoms with E-state index in [1.165, 1.54) is 10.6 Å². The standard InChI is InChI=1S/C24H25ClFN5O2/c1-13-28-19-10-20(31-7-3-4-14(12-31)15-8-21(32)27-11-15)29-23(22(19)24(33)30(13)2)17-6-5-16(25)9-18(17)26/h5-6,9-10,14-15H,3-4,7-8,11-12H2,1-2H3,(H,27,32). The second-order valence-corrected chi connectivity index (χ2v) is 9.42. The molecule has 0 spiro atoms. The summed E-state index contributed by atoms with van der Waals surface area (Å²) in [6, 6.07) is 6.19. The van der Waals surface area contributed by atoms with Crippen molar-refractivity contribution in [2.45, 2.75) is 26.2 Å². The van der Waals surface area contributed by atoms with Crippen LogP contribution < -0.4 is 15.8 Å². The molecule has 2 aliphatic rings. The molecular formula is C24H25ClFN5O2. The second kappa shape index (κ2) is 8.41. The molecule has 2 atom stereocenters. The highest BCUT2D eigenvalue weighted by molar-refractivity contribution is 6.30. The van der Waals surface area contributed by atoms with Gasteiger partial charge in [0.25, 0.3) is 5.56 Å². The molecule has 33 heavy (non-hydrogen) atoms. The largest absolute Gasteiger partial charge is 0.356 e. The molecule has 1 N–H and O–H groups in total. The van der Waals surface area contributed by atoms with Gasteiger partial charge in [-0.3, -0.25) is 14.2 Å². The van der Waals surface area contributed by atoms with Crippen LogP contribution in [-0.4, -0.2) is 40.1 Å². The monoisotopic (exact) mass is 469 g/mol. The van der Waals surface area contributed by atoms with Crippen LogP contribution >= 0.6 is 11.6 Å². The van der Waals surface area contributed by atoms with Gasteiger partial charge in [-0.15, -0.1) is 0 Å². The number of amides is 1. The summed E-state index contributed by atoms with van der Waals surface area (Å²) in [5.74, 6) is 1.47. The first-order valence-corrected chi connectivity index (χ1v) is 11.5. The van der Waals surface area contributed by atoms with Crippen LogP contribution in [0.15, 0.2) is 29.1 Å². The molecule has 2 aromatic heterocycles. The summed E-state index contributed by atoms with van der Waals surface area (Å²) in [4.78, 5) is 36.5. The summed E-state index contributed by atoms with van der Waals surface area (Å²) in [6.45, 7) is 4.03. The van der Waals surface area contributed by atoms with Gasteiger partial charge in [-0.1, -0.05) is 11.6 Å². The predicted molar refractivity (Wildman–Crippen MR) is 126 cm³/mol. The lowest BCUT2D eigenvalue weighted by atomic mass is 9.85. The van der Waals surface area contributed by atoms with Gasteiger partial charge in [0.05, 0.1) is 16.6 Å². The summed E-state index contributed by atoms with van der Waals surface area (Å²) in [5, 5.41) is 3.49. The van der Waals surface area contributed by atoms with Crippen molar-refractivity contribution >= 4 is 34.2 Å². The van der Waals surface area contributed by atoms with Crippen LogP contribution in [0.2, 0.25) is 5.02 Å². The Morgan fingerprint density at radius 3 is 2.73 bits per heavy atom. The number of nitrogens with zero attached hydrogens (tertiary/aromatic N) is 4. The highest BCUT2D eigenvalue weighted by Crippen LogP contribution is 2.34. The van der Waals surface area contributed by atoms with E-state index >= 15 is 0 Å². The molecule has 2 fully saturated rings. The van der Waals surface area contributed by atoms with E-state index in [4.69, 9.17) is 16.6 Å². The number of halogens is 2. The van der Waals surface area contributed by atoms with Gasteiger partial charge < -0.3 is 10.2 Å². The first kappa shape index (κ1) is 21.8. The number of hydrogen-bond donors (Lipinski definition) is 1. The van der Waals surface area contributed by atoms with Crippen LogP contribution in [0.25, 0.3) is 22.2 Å². The normalized spacial score (nSPS) is 21.0. The van der Waals surface area contributed by atoms with Crippen LogP contribution in [0.3, 0.4) is 0 Å². The van der Waals surface area contributed by atoms with Gasteiger partial charge in [0.15, 0.2) is 0 Å². The number of nitrogens with one attached hydrogen (secondary N) is 1. The van der Waals surface area contributed by atoms with Crippen LogP contribution in [-0.2, 0) is 11.8 Å². The summed E-state index contributed by atoms with van der Waals surface area (Å²) in [5.41, 5.74) is 0.704. The Morgan fingerprint density at radius 1 is 1.18 bits per heavy atom. The summed E-state index contributed by atoms with van der Waals surface area (Å²) >= 11 is 5.97. The lowest BCUT2D eigenvalue weighted by Crippen LogP contribution is -2.39. The van der Waals surface area contributed by atoms with Gasteiger partial charge in [-0.2, -0.15) is 0 Å². The molecule has 5 rings (SSSR count). The Bertz CT molecular complexity index is 1320. The maximum Gasteiger partial charge on any atom is 0.263 e. The minimum absolute atomic E-state index is 0.108. The Labute approximate surface area is 195 Å². The third kappa shape index (κ3) is 3.97. The minimum atomic E-state index is -0.539. The Kier molecular flexibility index (Phi) is 5.56. The fourth-order valence-electron chi connectivity index (χ4n) is 4.98. The summed E-state index contributed by atoms with van der Waals surface area (Å²) < 4.78 is 16.4. The van der Waals surface area contributed by atoms with E-state index in [0.29, 0.717) is 42.0 Å². The van der Waals surface area contributed by atoms with E-state index in [1.54, 1.807) is 26.1 Å². The molecule has 7 nitrogen and oxygen atoms in total. The molecule has 0 radical (unpaired) electrons. The molecular weight excluding hydrogens is 445 g/mol. The van der Waals surface area contributed by atoms with E-state index in [9.17, 15) is 14.0 Å². The number of anilines is 1. The number of aryl methyl sites for hydroxylation is 1. The third-order valence-corrected chi connectivity index (χ3v) is 7.15. The van der Waals surface area contributed by atoms with Crippen LogP contribution in [0.5, 0.6) is 0 Å². The topological polar surface area (TPSA) is 80.1 Å². The van der Waals surface area contributed by atoms with Crippen LogP contribution in [0.4, 0.5) is 10.2 Å². The average Bonchev–Trinajstić information content (AvgIpc) is 3.23. The van der Waals surface area contributed by atoms with E-state index < -0.39 is 5.82 Å². The molecule has 1 amide bonds. The SMILES string of the molecule is Cc1nc2cc(N3CCCC(C4CNC(=O)C4)C3)nc(-c3ccc(Cl)cc3F)c2c(=O)n1C. The number of fused-ring (bicyclic) bond motifs is 1. The van der Waals surface area contributed by atoms with Gasteiger partial charge in [0.2, 0.25) is 5.91 Å². The molecule has 2 aliphatic heterocycles. The first-order chi connectivity index (χ1) is 15.8. The average molecular weight is 470 g/mol. The van der Waals surface area contributed by atoms with E-state index in [-0.39, 0.29) is 33.1 Å². The van der Waals surface area contributed by atoms with Gasteiger partial charge in [-0.05, 0) is 49.8 Å². The van der Waals surface area contributed by atoms with Gasteiger partial charge in [-0.25, -0.2) is 14.4 Å². The number of hydrogen-bond acceptors (Lipinski definition) is 5. The first-order valence-electron chi connectivity index (χ1n) is 11.2. The van der Waals surface area contributed by atoms with Gasteiger partial charge in [0.1, 0.15) is 17.5 Å². The fourth-order valence-corrected chi connectivity index (χ4v) is 5.14. The number of pyridine rings is 1. The molecule has 0 saturated carbocycles. The van der Waals surface area contributed by atoms with Crippen molar-refractivity contribution in [2.75, 3.05) is 24.5 Å². The van der Waals surface area contributed by atoms with Crippen molar-refractivity contribution in [1.29, 1.82) is 0 Å². The lowest BCUT2D eigenvalue weighted by Gasteiger charge is -2.36. The fraction of sp³-hybridized carbons (Fsp3) is 0.417. The van der Waals surface area contributed by atoms with Gasteiger partial charge in [0, 0.05) is 49.8 Å². The predicted octanol–water partition coefficient (Wildman–Crippen LogP) is 3.45. The highest BCUT2D eigenvalue weighted by atomic mass is 35.5. The molecule has 3 aromatic rings. The summed E-state index contributed by atoms with van der Waals surface area (Å²) in [7, 11) is 1.65. The molecule has 2 unspecified atom stereocenters. The number of piperidine rings is 1. The Balaban J connectivity index is 1.63. The van der Waals surface area contributed by atoms with E-state index in [1.807, 2.05) is 6.07 Å². The molecule has 2 saturated heterocycles. The maximum atomic E-state index is 14.9. The Morgan fingerprint density at radius 2 is 2.00 bits per heavy atom. The van der Waals surface area contributed by atoms with Crippen molar-refractivity contribution < 1.29 is 9.18 Å². The van der Waals surface area contributed by atoms with Crippen molar-refractivity contribution in [3.63, 3.8) is 0 Å². The van der Waals surface area contributed by atoms with E-state index in [2.05, 4.69) is 15.2 Å². The minimum Gasteiger partial charge on any atom is -0.356 e. The van der Waals surface area contributed by atoms with E-state index in [0.717, 1.165) is 25.9 Å². The Hall–Kier alpha value is -3.00. The molecule has 9 heteroatoms. The van der Waals surface area contributed by atoms with Crippen molar-refractivity contribution in [1.82, 2.24) is 19.9 Å². The third-order valence-electron chi connectivity index (χ3n) is 6.92. The quantitative estimate of drug-likeness (QED) is 0.635. The molecule has 172 valence electrons. The number of benzene rings is 1. The van der Waals surface area contributed by atoms with Crippen LogP contribution in [0, 0.1) is 24.6 Å². The smallest absolute Gasteiger partial charge is 0.263 e. The summed E-state index contributed by atoms with van der Waals surface area (Å²) in [6.07, 6.45) is 2.59. The number of carbonyl (C=O) groups is 1. The zero-order valence-corrected chi connectivity index (χ0v) is 19.3. The highest BCUT2D eigenvalue weighted by Gasteiger charge is 2.33. The maximum absolute atomic E-state index is 14.9. The zero-order chi connectivity index (χ0) is 23.3.